The molecule has 0 radical (unpaired) electrons. The molecule has 4 amide bonds. The van der Waals surface area contributed by atoms with Crippen molar-refractivity contribution in [3.8, 4) is 11.4 Å². The van der Waals surface area contributed by atoms with E-state index in [1.807, 2.05) is 213 Å². The molecule has 0 N–H and O–H groups in total. The number of ether oxygens (including phenoxy) is 4. The third kappa shape index (κ3) is 14.2. The van der Waals surface area contributed by atoms with Gasteiger partial charge >= 0.3 is 24.4 Å². The average Bonchev–Trinajstić information content (AvgIpc) is 1.57. The lowest BCUT2D eigenvalue weighted by Gasteiger charge is -2.31. The number of pyridine rings is 1. The fraction of sp³-hybridized carbons (Fsp3) is 0.134. The normalized spacial score (nSPS) is 14.3. The molecule has 116 heavy (non-hydrogen) atoms. The number of Topliss-reactive ketones (excluding diaryl/α,β-unsaturated/α-hetero) is 4. The number of hydrogen-bond acceptors (Lipinski definition) is 14. The van der Waals surface area contributed by atoms with E-state index in [0.717, 1.165) is 75.0 Å². The Morgan fingerprint density at radius 3 is 1.06 bits per heavy atom. The summed E-state index contributed by atoms with van der Waals surface area (Å²) in [6.07, 6.45) is -3.49. The maximum atomic E-state index is 14.2. The third-order valence-corrected chi connectivity index (χ3v) is 20.9. The first-order valence-electron chi connectivity index (χ1n) is 37.7. The Balaban J connectivity index is 0.000000140. The molecule has 11 aromatic carbocycles. The first-order valence-corrected chi connectivity index (χ1v) is 37.7. The van der Waals surface area contributed by atoms with Gasteiger partial charge in [-0.05, 0) is 132 Å². The molecule has 13 aromatic rings. The second-order valence-electron chi connectivity index (χ2n) is 30.0. The van der Waals surface area contributed by atoms with Crippen molar-refractivity contribution in [1.82, 2.24) is 9.55 Å². The standard InChI is InChI=1S/2C36H30N2O6.C25H18N2O/c1-35(2,23-15-7-5-8-16-23)43-33(41)37-27-21-13-11-19-25(27)31(39)29(37)30-32(40)26-20-12-14-22-28(26)38(30)34(42)44-36(3,4)24-17-9-6-10-18-24;1-35(2,23-15-7-5-8-16-23)43-33(41)37-27-21-13-14-22-28(27)38(34(42)44-36(3,4)24-17-9-6-10-18-24)32(37)29-30(39)25-19-11-12-20-26(25)31(29)40;1-27-22-14-8-6-12-19(22)23(25(28)18-10-3-2-4-11-18)24(27)21-16-15-17-9-5-7-13-20(17)26-21/h2*5-22H,1-4H3;2-16H,1H3/b30-29+;;. The molecular formula is C97H78N6O13. The van der Waals surface area contributed by atoms with E-state index >= 15 is 0 Å². The summed E-state index contributed by atoms with van der Waals surface area (Å²) >= 11 is 0. The van der Waals surface area contributed by atoms with Crippen LogP contribution in [0.15, 0.2) is 332 Å². The molecule has 17 rings (SSSR count). The van der Waals surface area contributed by atoms with Crippen LogP contribution in [0.1, 0.15) is 135 Å². The van der Waals surface area contributed by atoms with E-state index in [4.69, 9.17) is 23.9 Å². The lowest BCUT2D eigenvalue weighted by atomic mass is 9.98. The zero-order valence-electron chi connectivity index (χ0n) is 64.9. The van der Waals surface area contributed by atoms with Gasteiger partial charge in [-0.3, -0.25) is 24.0 Å². The number of fused-ring (bicyclic) bond motifs is 6. The molecule has 4 aliphatic rings. The zero-order valence-corrected chi connectivity index (χ0v) is 64.9. The number of rotatable bonds is 11. The molecule has 0 unspecified atom stereocenters. The molecule has 0 spiro atoms. The molecule has 574 valence electrons. The Hall–Kier alpha value is -14.7. The van der Waals surface area contributed by atoms with E-state index < -0.39 is 69.9 Å². The van der Waals surface area contributed by atoms with Crippen molar-refractivity contribution in [3.05, 3.63) is 388 Å². The summed E-state index contributed by atoms with van der Waals surface area (Å²) in [5.41, 5.74) is 4.43. The number of amides is 4. The maximum Gasteiger partial charge on any atom is 0.421 e. The third-order valence-electron chi connectivity index (χ3n) is 20.9. The van der Waals surface area contributed by atoms with Crippen molar-refractivity contribution in [1.29, 1.82) is 0 Å². The number of anilines is 4. The number of carbonyl (C=O) groups is 9. The van der Waals surface area contributed by atoms with Gasteiger partial charge in [-0.15, -0.1) is 0 Å². The van der Waals surface area contributed by atoms with Crippen LogP contribution in [0.3, 0.4) is 0 Å². The van der Waals surface area contributed by atoms with Crippen molar-refractivity contribution in [3.63, 3.8) is 0 Å². The predicted molar refractivity (Wildman–Crippen MR) is 444 cm³/mol. The van der Waals surface area contributed by atoms with E-state index in [9.17, 15) is 43.2 Å². The zero-order chi connectivity index (χ0) is 81.5. The minimum absolute atomic E-state index is 0.0161. The minimum atomic E-state index is -1.10. The van der Waals surface area contributed by atoms with Crippen LogP contribution < -0.4 is 19.6 Å². The van der Waals surface area contributed by atoms with Crippen LogP contribution in [-0.4, -0.2) is 62.8 Å². The largest absolute Gasteiger partial charge is 0.438 e. The van der Waals surface area contributed by atoms with Gasteiger partial charge in [-0.2, -0.15) is 0 Å². The highest BCUT2D eigenvalue weighted by Crippen LogP contribution is 2.49. The molecule has 0 saturated heterocycles. The van der Waals surface area contributed by atoms with Crippen molar-refractivity contribution >= 4 is 97.8 Å². The average molecular weight is 1540 g/mol. The summed E-state index contributed by atoms with van der Waals surface area (Å²) in [4.78, 5) is 135. The molecule has 0 atom stereocenters. The number of para-hydroxylation sites is 6. The molecule has 0 fully saturated rings. The van der Waals surface area contributed by atoms with Crippen LogP contribution in [0.25, 0.3) is 33.2 Å². The molecule has 0 bridgehead atoms. The number of nitrogens with zero attached hydrogens (tertiary/aromatic N) is 6. The van der Waals surface area contributed by atoms with Crippen LogP contribution in [0.5, 0.6) is 0 Å². The van der Waals surface area contributed by atoms with Crippen molar-refractivity contribution < 1.29 is 62.1 Å². The highest BCUT2D eigenvalue weighted by Gasteiger charge is 2.52. The molecule has 1 aliphatic carbocycles. The lowest BCUT2D eigenvalue weighted by molar-refractivity contribution is 0.0404. The summed E-state index contributed by atoms with van der Waals surface area (Å²) in [5.74, 6) is -2.61. The van der Waals surface area contributed by atoms with Gasteiger partial charge < -0.3 is 23.5 Å². The predicted octanol–water partition coefficient (Wildman–Crippen LogP) is 21.1. The SMILES string of the molecule is CC(C)(OC(=O)N1/C(=C2\C(=O)c3ccccc3N2C(=O)OC(C)(C)c2ccccc2)C(=O)c2ccccc21)c1ccccc1.CC(C)(OC(=O)N1C(=C2C(=O)c3ccccc3C2=O)N(C(=O)OC(C)(C)c2ccccc2)c2ccccc21)c1ccccc1.Cn1c(-c2ccc3ccccc3n2)c(C(=O)c2ccccc2)c2ccccc21. The van der Waals surface area contributed by atoms with Gasteiger partial charge in [0.15, 0.2) is 5.78 Å². The van der Waals surface area contributed by atoms with Gasteiger partial charge in [-0.1, -0.05) is 255 Å². The van der Waals surface area contributed by atoms with Crippen LogP contribution in [0, 0.1) is 0 Å². The summed E-state index contributed by atoms with van der Waals surface area (Å²) in [6.45, 7) is 13.9. The molecule has 2 aromatic heterocycles. The molecule has 0 saturated carbocycles. The van der Waals surface area contributed by atoms with E-state index in [1.54, 1.807) is 152 Å². The van der Waals surface area contributed by atoms with Gasteiger partial charge in [0.1, 0.15) is 45.2 Å². The molecule has 3 aliphatic heterocycles. The summed E-state index contributed by atoms with van der Waals surface area (Å²) < 4.78 is 26.2. The van der Waals surface area contributed by atoms with Crippen molar-refractivity contribution in [2.45, 2.75) is 77.8 Å². The number of ketones is 5. The number of benzene rings is 11. The summed E-state index contributed by atoms with van der Waals surface area (Å²) in [7, 11) is 2.00. The highest BCUT2D eigenvalue weighted by atomic mass is 16.6. The minimum Gasteiger partial charge on any atom is -0.438 e. The smallest absolute Gasteiger partial charge is 0.421 e. The van der Waals surface area contributed by atoms with E-state index in [0.29, 0.717) is 11.1 Å². The Labute approximate surface area is 669 Å². The number of hydrogen-bond donors (Lipinski definition) is 0. The van der Waals surface area contributed by atoms with Crippen LogP contribution in [-0.2, 0) is 48.4 Å². The maximum absolute atomic E-state index is 14.2. The van der Waals surface area contributed by atoms with Crippen LogP contribution >= 0.6 is 0 Å². The van der Waals surface area contributed by atoms with Gasteiger partial charge in [0.25, 0.3) is 0 Å². The van der Waals surface area contributed by atoms with Crippen molar-refractivity contribution in [2.24, 2.45) is 7.05 Å². The number of allylic oxidation sites excluding steroid dienone is 3. The Kier molecular flexibility index (Phi) is 20.3. The van der Waals surface area contributed by atoms with Gasteiger partial charge in [0, 0.05) is 51.2 Å². The molecule has 19 heteroatoms. The number of aromatic nitrogens is 2. The van der Waals surface area contributed by atoms with Crippen LogP contribution in [0.4, 0.5) is 41.9 Å². The molecule has 19 nitrogen and oxygen atoms in total. The van der Waals surface area contributed by atoms with E-state index in [-0.39, 0.29) is 73.6 Å². The topological polar surface area (TPSA) is 221 Å². The summed E-state index contributed by atoms with van der Waals surface area (Å²) in [6, 6.07) is 92.4. The second-order valence-corrected chi connectivity index (χ2v) is 30.0. The van der Waals surface area contributed by atoms with Crippen molar-refractivity contribution in [2.75, 3.05) is 19.6 Å². The first kappa shape index (κ1) is 76.6. The quantitative estimate of drug-likeness (QED) is 0.0509. The van der Waals surface area contributed by atoms with Crippen LogP contribution in [0.2, 0.25) is 0 Å². The first-order chi connectivity index (χ1) is 55.8. The second kappa shape index (κ2) is 30.8. The fourth-order valence-electron chi connectivity index (χ4n) is 14.9. The lowest BCUT2D eigenvalue weighted by Crippen LogP contribution is -2.43. The van der Waals surface area contributed by atoms with E-state index in [1.165, 1.54) is 0 Å². The Morgan fingerprint density at radius 2 is 0.647 bits per heavy atom. The highest BCUT2D eigenvalue weighted by molar-refractivity contribution is 6.41. The Bertz CT molecular complexity index is 5940. The van der Waals surface area contributed by atoms with Gasteiger partial charge in [0.05, 0.1) is 45.2 Å². The monoisotopic (exact) mass is 1530 g/mol. The Morgan fingerprint density at radius 1 is 0.319 bits per heavy atom. The molecule has 5 heterocycles. The van der Waals surface area contributed by atoms with Gasteiger partial charge in [0.2, 0.25) is 23.1 Å². The summed E-state index contributed by atoms with van der Waals surface area (Å²) in [5, 5.41) is 2.03. The van der Waals surface area contributed by atoms with E-state index in [2.05, 4.69) is 10.6 Å². The fourth-order valence-corrected chi connectivity index (χ4v) is 14.9. The number of carbonyl (C=O) groups excluding carboxylic acids is 9. The van der Waals surface area contributed by atoms with Gasteiger partial charge in [-0.25, -0.2) is 43.8 Å². The number of aryl methyl sites for hydroxylation is 1. The molecular weight excluding hydrogens is 1460 g/mol.